The third kappa shape index (κ3) is 8.95. The van der Waals surface area contributed by atoms with Crippen LogP contribution in [0.4, 0.5) is 11.6 Å². The van der Waals surface area contributed by atoms with Crippen molar-refractivity contribution in [3.05, 3.63) is 48.0 Å². The van der Waals surface area contributed by atoms with Gasteiger partial charge in [0.05, 0.1) is 55.4 Å². The summed E-state index contributed by atoms with van der Waals surface area (Å²) in [7, 11) is 0. The lowest BCUT2D eigenvalue weighted by molar-refractivity contribution is 0.00501. The van der Waals surface area contributed by atoms with E-state index in [1.165, 1.54) is 0 Å². The first kappa shape index (κ1) is 33.1. The second kappa shape index (κ2) is 15.8. The normalized spacial score (nSPS) is 19.5. The summed E-state index contributed by atoms with van der Waals surface area (Å²) in [6.45, 7) is 11.0. The lowest BCUT2D eigenvalue weighted by Gasteiger charge is -2.38. The van der Waals surface area contributed by atoms with Gasteiger partial charge in [-0.2, -0.15) is 0 Å². The number of nitrogens with zero attached hydrogens (tertiary/aromatic N) is 9. The molecule has 47 heavy (non-hydrogen) atoms. The van der Waals surface area contributed by atoms with Crippen LogP contribution in [-0.4, -0.2) is 103 Å². The van der Waals surface area contributed by atoms with Crippen molar-refractivity contribution in [3.8, 4) is 22.9 Å². The van der Waals surface area contributed by atoms with Crippen molar-refractivity contribution in [2.75, 3.05) is 44.8 Å². The number of benzene rings is 1. The van der Waals surface area contributed by atoms with Crippen LogP contribution < -0.4 is 14.8 Å². The highest BCUT2D eigenvalue weighted by molar-refractivity contribution is 6.32. The summed E-state index contributed by atoms with van der Waals surface area (Å²) < 4.78 is 27.2. The van der Waals surface area contributed by atoms with Crippen LogP contribution in [0.3, 0.4) is 0 Å². The van der Waals surface area contributed by atoms with Gasteiger partial charge in [-0.05, 0) is 75.1 Å². The third-order valence-corrected chi connectivity index (χ3v) is 8.68. The molecule has 2 aliphatic rings. The smallest absolute Gasteiger partial charge is 0.257 e. The zero-order valence-electron chi connectivity index (χ0n) is 27.2. The van der Waals surface area contributed by atoms with Crippen molar-refractivity contribution in [2.45, 2.75) is 77.3 Å². The molecule has 0 radical (unpaired) electrons. The summed E-state index contributed by atoms with van der Waals surface area (Å²) in [5, 5.41) is 20.0. The lowest BCUT2D eigenvalue weighted by Crippen LogP contribution is -2.45. The Morgan fingerprint density at radius 1 is 1.04 bits per heavy atom. The van der Waals surface area contributed by atoms with Gasteiger partial charge in [0, 0.05) is 30.9 Å². The highest BCUT2D eigenvalue weighted by Crippen LogP contribution is 2.35. The molecule has 14 nitrogen and oxygen atoms in total. The molecule has 1 aliphatic heterocycles. The molecule has 3 aromatic heterocycles. The second-order valence-corrected chi connectivity index (χ2v) is 12.6. The van der Waals surface area contributed by atoms with Gasteiger partial charge in [-0.15, -0.1) is 10.2 Å². The predicted molar refractivity (Wildman–Crippen MR) is 176 cm³/mol. The van der Waals surface area contributed by atoms with Crippen molar-refractivity contribution < 1.29 is 18.9 Å². The van der Waals surface area contributed by atoms with Crippen molar-refractivity contribution >= 4 is 23.2 Å². The summed E-state index contributed by atoms with van der Waals surface area (Å²) in [4.78, 5) is 11.9. The van der Waals surface area contributed by atoms with Crippen LogP contribution in [0.5, 0.6) is 11.6 Å². The molecule has 4 heterocycles. The lowest BCUT2D eigenvalue weighted by atomic mass is 9.90. The number of hydrogen-bond acceptors (Lipinski definition) is 12. The monoisotopic (exact) mass is 666 g/mol. The van der Waals surface area contributed by atoms with E-state index in [0.717, 1.165) is 57.6 Å². The van der Waals surface area contributed by atoms with E-state index in [1.807, 2.05) is 49.8 Å². The summed E-state index contributed by atoms with van der Waals surface area (Å²) in [5.41, 5.74) is 2.25. The second-order valence-electron chi connectivity index (χ2n) is 12.2. The number of ether oxygens (including phenoxy) is 4. The van der Waals surface area contributed by atoms with Gasteiger partial charge in [-0.3, -0.25) is 9.58 Å². The van der Waals surface area contributed by atoms with E-state index in [2.05, 4.69) is 30.7 Å². The highest BCUT2D eigenvalue weighted by atomic mass is 35.5. The van der Waals surface area contributed by atoms with E-state index in [4.69, 9.17) is 40.6 Å². The molecule has 0 spiro atoms. The largest absolute Gasteiger partial charge is 0.487 e. The molecule has 1 atom stereocenters. The standard InChI is InChI=1S/C32H43ClN10O4/c1-22(2)45-16-17-46-31-29(20-43(38-31)26-7-5-25(6-8-26)41-12-14-44-15-13-41)37-32-34-11-10-28(36-32)24-4-9-27(33)30(18-24)47-23(3)19-42-21-35-39-40-42/h4,9-11,18,20-23,25-26H,5-8,12-17,19H2,1-3H3,(H,34,36,37)/t23-,25?,26?/m0/s1. The zero-order chi connectivity index (χ0) is 32.6. The first-order chi connectivity index (χ1) is 22.9. The molecule has 1 saturated carbocycles. The number of anilines is 2. The topological polar surface area (TPSA) is 139 Å². The Labute approximate surface area is 279 Å². The quantitative estimate of drug-likeness (QED) is 0.185. The van der Waals surface area contributed by atoms with Crippen LogP contribution in [0, 0.1) is 0 Å². The molecule has 252 valence electrons. The summed E-state index contributed by atoms with van der Waals surface area (Å²) in [6, 6.07) is 8.32. The maximum Gasteiger partial charge on any atom is 0.257 e. The van der Waals surface area contributed by atoms with E-state index >= 15 is 0 Å². The number of tetrazole rings is 1. The van der Waals surface area contributed by atoms with E-state index in [1.54, 1.807) is 23.3 Å². The number of morpholine rings is 1. The molecule has 1 aliphatic carbocycles. The molecule has 0 bridgehead atoms. The minimum atomic E-state index is -0.218. The first-order valence-corrected chi connectivity index (χ1v) is 16.7. The molecular weight excluding hydrogens is 624 g/mol. The van der Waals surface area contributed by atoms with Crippen LogP contribution in [0.15, 0.2) is 43.0 Å². The van der Waals surface area contributed by atoms with Crippen LogP contribution in [0.1, 0.15) is 52.5 Å². The molecule has 0 unspecified atom stereocenters. The van der Waals surface area contributed by atoms with Gasteiger partial charge in [0.15, 0.2) is 0 Å². The number of halogens is 1. The van der Waals surface area contributed by atoms with E-state index in [-0.39, 0.29) is 12.2 Å². The Balaban J connectivity index is 1.16. The predicted octanol–water partition coefficient (Wildman–Crippen LogP) is 4.81. The van der Waals surface area contributed by atoms with E-state index in [0.29, 0.717) is 65.8 Å². The van der Waals surface area contributed by atoms with E-state index < -0.39 is 0 Å². The molecule has 6 rings (SSSR count). The maximum absolute atomic E-state index is 6.49. The third-order valence-electron chi connectivity index (χ3n) is 8.37. The average Bonchev–Trinajstić information content (AvgIpc) is 3.74. The average molecular weight is 667 g/mol. The fourth-order valence-corrected chi connectivity index (χ4v) is 6.20. The minimum absolute atomic E-state index is 0.125. The number of aromatic nitrogens is 8. The SMILES string of the molecule is CC(C)OCCOc1nn(C2CCC(N3CCOCC3)CC2)cc1Nc1nccc(-c2ccc(Cl)c(O[C@@H](C)Cn3cnnn3)c2)n1. The molecule has 1 N–H and O–H groups in total. The van der Waals surface area contributed by atoms with Gasteiger partial charge in [-0.1, -0.05) is 17.7 Å². The van der Waals surface area contributed by atoms with Crippen LogP contribution in [-0.2, 0) is 16.0 Å². The Morgan fingerprint density at radius 2 is 1.85 bits per heavy atom. The van der Waals surface area contributed by atoms with Crippen LogP contribution in [0.25, 0.3) is 11.3 Å². The van der Waals surface area contributed by atoms with Gasteiger partial charge in [0.25, 0.3) is 5.88 Å². The summed E-state index contributed by atoms with van der Waals surface area (Å²) >= 11 is 6.49. The fourth-order valence-electron chi connectivity index (χ4n) is 6.04. The van der Waals surface area contributed by atoms with Gasteiger partial charge in [0.2, 0.25) is 5.95 Å². The fraction of sp³-hybridized carbons (Fsp3) is 0.562. The molecular formula is C32H43ClN10O4. The van der Waals surface area contributed by atoms with Crippen LogP contribution in [0.2, 0.25) is 5.02 Å². The molecule has 0 amide bonds. The number of rotatable bonds is 14. The number of hydrogen-bond donors (Lipinski definition) is 1. The highest BCUT2D eigenvalue weighted by Gasteiger charge is 2.29. The Bertz CT molecular complexity index is 1560. The molecule has 15 heteroatoms. The first-order valence-electron chi connectivity index (χ1n) is 16.3. The molecule has 4 aromatic rings. The summed E-state index contributed by atoms with van der Waals surface area (Å²) in [5.74, 6) is 1.47. The zero-order valence-corrected chi connectivity index (χ0v) is 27.9. The van der Waals surface area contributed by atoms with E-state index in [9.17, 15) is 0 Å². The summed E-state index contributed by atoms with van der Waals surface area (Å²) in [6.07, 6.45) is 9.57. The Kier molecular flexibility index (Phi) is 11.1. The van der Waals surface area contributed by atoms with Gasteiger partial charge >= 0.3 is 0 Å². The molecule has 2 fully saturated rings. The van der Waals surface area contributed by atoms with Gasteiger partial charge in [0.1, 0.15) is 30.5 Å². The van der Waals surface area contributed by atoms with Crippen molar-refractivity contribution in [2.24, 2.45) is 0 Å². The number of nitrogens with one attached hydrogen (secondary N) is 1. The Hall–Kier alpha value is -3.85. The molecule has 1 aromatic carbocycles. The van der Waals surface area contributed by atoms with Crippen molar-refractivity contribution in [1.82, 2.24) is 44.9 Å². The van der Waals surface area contributed by atoms with Crippen molar-refractivity contribution in [3.63, 3.8) is 0 Å². The van der Waals surface area contributed by atoms with Crippen molar-refractivity contribution in [1.29, 1.82) is 0 Å². The van der Waals surface area contributed by atoms with Gasteiger partial charge in [-0.25, -0.2) is 14.6 Å². The minimum Gasteiger partial charge on any atom is -0.487 e. The van der Waals surface area contributed by atoms with Crippen LogP contribution >= 0.6 is 11.6 Å². The Morgan fingerprint density at radius 3 is 2.62 bits per heavy atom. The maximum atomic E-state index is 6.49. The molecule has 1 saturated heterocycles. The van der Waals surface area contributed by atoms with Gasteiger partial charge < -0.3 is 24.3 Å².